The predicted octanol–water partition coefficient (Wildman–Crippen LogP) is 1.52. The van der Waals surface area contributed by atoms with Gasteiger partial charge in [-0.3, -0.25) is 0 Å². The Hall–Kier alpha value is -1.81. The first-order valence-electron chi connectivity index (χ1n) is 6.07. The maximum Gasteiger partial charge on any atom is 0.189 e. The number of rotatable bonds is 5. The molecule has 0 spiro atoms. The molecule has 0 radical (unpaired) electrons. The molecule has 1 aromatic carbocycles. The number of benzene rings is 1. The van der Waals surface area contributed by atoms with Gasteiger partial charge in [0.1, 0.15) is 0 Å². The van der Waals surface area contributed by atoms with Crippen molar-refractivity contribution in [3.05, 3.63) is 47.0 Å². The van der Waals surface area contributed by atoms with Crippen LogP contribution in [0.5, 0.6) is 0 Å². The van der Waals surface area contributed by atoms with Crippen molar-refractivity contribution in [2.45, 2.75) is 26.9 Å². The number of guanidine groups is 1. The van der Waals surface area contributed by atoms with Gasteiger partial charge in [0, 0.05) is 13.1 Å². The van der Waals surface area contributed by atoms with Crippen molar-refractivity contribution in [3.8, 4) is 0 Å². The molecule has 0 bridgehead atoms. The van der Waals surface area contributed by atoms with Gasteiger partial charge in [0.05, 0.1) is 6.54 Å². The lowest BCUT2D eigenvalue weighted by molar-refractivity contribution is 0.961. The van der Waals surface area contributed by atoms with E-state index in [0.717, 1.165) is 11.1 Å². The lowest BCUT2D eigenvalue weighted by Crippen LogP contribution is -2.31. The quantitative estimate of drug-likeness (QED) is 0.419. The van der Waals surface area contributed by atoms with E-state index >= 15 is 0 Å². The Bertz CT molecular complexity index is 414. The van der Waals surface area contributed by atoms with Gasteiger partial charge in [-0.2, -0.15) is 0 Å². The number of allylic oxidation sites excluding steroid dienone is 1. The first-order chi connectivity index (χ1) is 8.61. The Morgan fingerprint density at radius 3 is 2.39 bits per heavy atom. The van der Waals surface area contributed by atoms with Crippen LogP contribution in [0.1, 0.15) is 25.0 Å². The third-order valence-corrected chi connectivity index (χ3v) is 2.48. The van der Waals surface area contributed by atoms with Crippen molar-refractivity contribution in [2.75, 3.05) is 6.54 Å². The molecule has 5 N–H and O–H groups in total. The number of hydrogen-bond acceptors (Lipinski definition) is 2. The zero-order valence-corrected chi connectivity index (χ0v) is 11.1. The molecule has 0 heterocycles. The second kappa shape index (κ2) is 7.50. The molecule has 0 aliphatic rings. The van der Waals surface area contributed by atoms with Gasteiger partial charge in [0.25, 0.3) is 0 Å². The first-order valence-corrected chi connectivity index (χ1v) is 6.07. The van der Waals surface area contributed by atoms with Crippen molar-refractivity contribution in [1.82, 2.24) is 5.32 Å². The van der Waals surface area contributed by atoms with Crippen LogP contribution in [0.25, 0.3) is 0 Å². The van der Waals surface area contributed by atoms with Crippen LogP contribution < -0.4 is 16.8 Å². The van der Waals surface area contributed by atoms with Gasteiger partial charge < -0.3 is 16.8 Å². The molecule has 4 nitrogen and oxygen atoms in total. The van der Waals surface area contributed by atoms with Crippen molar-refractivity contribution in [1.29, 1.82) is 0 Å². The van der Waals surface area contributed by atoms with E-state index in [1.165, 1.54) is 5.57 Å². The van der Waals surface area contributed by atoms with Crippen molar-refractivity contribution in [2.24, 2.45) is 16.5 Å². The highest BCUT2D eigenvalue weighted by atomic mass is 15.1. The number of nitrogens with two attached hydrogens (primary N) is 2. The third-order valence-electron chi connectivity index (χ3n) is 2.48. The molecule has 0 saturated carbocycles. The predicted molar refractivity (Wildman–Crippen MR) is 77.1 cm³/mol. The summed E-state index contributed by atoms with van der Waals surface area (Å²) in [4.78, 5) is 4.27. The molecule has 1 rings (SSSR count). The SMILES string of the molecule is CC(C)=CCNC(N)=NCc1ccc(CN)cc1. The van der Waals surface area contributed by atoms with E-state index < -0.39 is 0 Å². The Balaban J connectivity index is 2.44. The smallest absolute Gasteiger partial charge is 0.189 e. The summed E-state index contributed by atoms with van der Waals surface area (Å²) in [5.74, 6) is 0.468. The fourth-order valence-electron chi connectivity index (χ4n) is 1.37. The van der Waals surface area contributed by atoms with Gasteiger partial charge in [-0.15, -0.1) is 0 Å². The largest absolute Gasteiger partial charge is 0.370 e. The maximum atomic E-state index is 5.75. The van der Waals surface area contributed by atoms with Gasteiger partial charge in [0.15, 0.2) is 5.96 Å². The summed E-state index contributed by atoms with van der Waals surface area (Å²) < 4.78 is 0. The molecule has 0 amide bonds. The van der Waals surface area contributed by atoms with Crippen LogP contribution in [-0.4, -0.2) is 12.5 Å². The topological polar surface area (TPSA) is 76.4 Å². The van der Waals surface area contributed by atoms with E-state index in [1.807, 2.05) is 38.1 Å². The Kier molecular flexibility index (Phi) is 5.94. The standard InChI is InChI=1S/C14H22N4/c1-11(2)7-8-17-14(16)18-10-13-5-3-12(9-15)4-6-13/h3-7H,8-10,15H2,1-2H3,(H3,16,17,18). The average molecular weight is 246 g/mol. The summed E-state index contributed by atoms with van der Waals surface area (Å²) in [5, 5.41) is 3.04. The summed E-state index contributed by atoms with van der Waals surface area (Å²) in [6.07, 6.45) is 2.07. The van der Waals surface area contributed by atoms with Crippen molar-refractivity contribution in [3.63, 3.8) is 0 Å². The minimum absolute atomic E-state index is 0.468. The Morgan fingerprint density at radius 2 is 1.83 bits per heavy atom. The summed E-state index contributed by atoms with van der Waals surface area (Å²) in [6.45, 7) is 5.96. The van der Waals surface area contributed by atoms with E-state index in [2.05, 4.69) is 16.4 Å². The van der Waals surface area contributed by atoms with Gasteiger partial charge in [-0.25, -0.2) is 4.99 Å². The van der Waals surface area contributed by atoms with E-state index in [1.54, 1.807) is 0 Å². The summed E-state index contributed by atoms with van der Waals surface area (Å²) in [5.41, 5.74) is 14.8. The number of nitrogens with zero attached hydrogens (tertiary/aromatic N) is 1. The number of aliphatic imine (C=N–C) groups is 1. The Morgan fingerprint density at radius 1 is 1.22 bits per heavy atom. The first kappa shape index (κ1) is 14.3. The molecular weight excluding hydrogens is 224 g/mol. The third kappa shape index (κ3) is 5.50. The molecule has 1 aromatic rings. The molecule has 0 aliphatic heterocycles. The minimum atomic E-state index is 0.468. The van der Waals surface area contributed by atoms with E-state index in [9.17, 15) is 0 Å². The van der Waals surface area contributed by atoms with Crippen LogP contribution in [0.4, 0.5) is 0 Å². The fraction of sp³-hybridized carbons (Fsp3) is 0.357. The van der Waals surface area contributed by atoms with Crippen molar-refractivity contribution >= 4 is 5.96 Å². The normalized spacial score (nSPS) is 11.2. The summed E-state index contributed by atoms with van der Waals surface area (Å²) in [7, 11) is 0. The lowest BCUT2D eigenvalue weighted by Gasteiger charge is -2.03. The molecule has 0 atom stereocenters. The molecule has 0 aromatic heterocycles. The molecule has 0 saturated heterocycles. The van der Waals surface area contributed by atoms with Crippen molar-refractivity contribution < 1.29 is 0 Å². The molecular formula is C14H22N4. The van der Waals surface area contributed by atoms with Crippen LogP contribution in [0.2, 0.25) is 0 Å². The Labute approximate surface area is 109 Å². The van der Waals surface area contributed by atoms with Gasteiger partial charge >= 0.3 is 0 Å². The van der Waals surface area contributed by atoms with Gasteiger partial charge in [-0.1, -0.05) is 35.9 Å². The molecule has 18 heavy (non-hydrogen) atoms. The number of nitrogens with one attached hydrogen (secondary N) is 1. The second-order valence-corrected chi connectivity index (χ2v) is 4.38. The van der Waals surface area contributed by atoms with E-state index in [0.29, 0.717) is 25.6 Å². The summed E-state index contributed by atoms with van der Waals surface area (Å²) in [6, 6.07) is 8.07. The molecule has 0 fully saturated rings. The number of hydrogen-bond donors (Lipinski definition) is 3. The van der Waals surface area contributed by atoms with E-state index in [-0.39, 0.29) is 0 Å². The zero-order chi connectivity index (χ0) is 13.4. The minimum Gasteiger partial charge on any atom is -0.370 e. The van der Waals surface area contributed by atoms with Crippen LogP contribution in [0, 0.1) is 0 Å². The van der Waals surface area contributed by atoms with E-state index in [4.69, 9.17) is 11.5 Å². The molecule has 0 unspecified atom stereocenters. The average Bonchev–Trinajstić information content (AvgIpc) is 2.36. The van der Waals surface area contributed by atoms with Crippen LogP contribution in [0.3, 0.4) is 0 Å². The highest BCUT2D eigenvalue weighted by molar-refractivity contribution is 5.77. The van der Waals surface area contributed by atoms with Crippen LogP contribution in [0.15, 0.2) is 40.9 Å². The van der Waals surface area contributed by atoms with Gasteiger partial charge in [-0.05, 0) is 25.0 Å². The molecule has 98 valence electrons. The highest BCUT2D eigenvalue weighted by Gasteiger charge is 1.93. The van der Waals surface area contributed by atoms with Crippen LogP contribution >= 0.6 is 0 Å². The molecule has 0 aliphatic carbocycles. The summed E-state index contributed by atoms with van der Waals surface area (Å²) >= 11 is 0. The maximum absolute atomic E-state index is 5.75. The van der Waals surface area contributed by atoms with Gasteiger partial charge in [0.2, 0.25) is 0 Å². The molecule has 4 heteroatoms. The zero-order valence-electron chi connectivity index (χ0n) is 11.1. The highest BCUT2D eigenvalue weighted by Crippen LogP contribution is 2.04. The lowest BCUT2D eigenvalue weighted by atomic mass is 10.1. The fourth-order valence-corrected chi connectivity index (χ4v) is 1.37. The monoisotopic (exact) mass is 246 g/mol. The second-order valence-electron chi connectivity index (χ2n) is 4.38. The van der Waals surface area contributed by atoms with Crippen LogP contribution in [-0.2, 0) is 13.1 Å².